The number of nitrogens with zero attached hydrogens (tertiary/aromatic N) is 1. The predicted octanol–water partition coefficient (Wildman–Crippen LogP) is -0.193. The minimum Gasteiger partial charge on any atom is -0.482 e. The summed E-state index contributed by atoms with van der Waals surface area (Å²) < 4.78 is 5.31. The van der Waals surface area contributed by atoms with Crippen LogP contribution in [0.15, 0.2) is 24.3 Å². The van der Waals surface area contributed by atoms with Crippen LogP contribution in [-0.2, 0) is 14.4 Å². The Balaban J connectivity index is 1.56. The van der Waals surface area contributed by atoms with E-state index in [0.717, 1.165) is 12.8 Å². The molecule has 0 bridgehead atoms. The van der Waals surface area contributed by atoms with E-state index in [2.05, 4.69) is 10.6 Å². The third-order valence-corrected chi connectivity index (χ3v) is 3.50. The Morgan fingerprint density at radius 1 is 1.23 bits per heavy atom. The van der Waals surface area contributed by atoms with Gasteiger partial charge in [0.25, 0.3) is 5.91 Å². The number of ether oxygens (including phenoxy) is 1. The number of carbonyl (C=O) groups excluding carboxylic acids is 3. The maximum Gasteiger partial charge on any atom is 0.265 e. The summed E-state index contributed by atoms with van der Waals surface area (Å²) in [6.45, 7) is -0.294. The summed E-state index contributed by atoms with van der Waals surface area (Å²) in [7, 11) is 0. The lowest BCUT2D eigenvalue weighted by Gasteiger charge is -2.28. The van der Waals surface area contributed by atoms with Crippen LogP contribution in [0.4, 0.5) is 5.69 Å². The second kappa shape index (κ2) is 6.05. The number of nitrogens with one attached hydrogen (secondary N) is 2. The molecule has 0 unspecified atom stereocenters. The lowest BCUT2D eigenvalue weighted by Crippen LogP contribution is -2.47. The smallest absolute Gasteiger partial charge is 0.265 e. The highest BCUT2D eigenvalue weighted by Crippen LogP contribution is 2.31. The minimum absolute atomic E-state index is 0.0739. The molecule has 2 N–H and O–H groups in total. The summed E-state index contributed by atoms with van der Waals surface area (Å²) in [6.07, 6.45) is 2.00. The van der Waals surface area contributed by atoms with E-state index in [-0.39, 0.29) is 43.5 Å². The molecule has 1 aliphatic carbocycles. The van der Waals surface area contributed by atoms with E-state index in [1.807, 2.05) is 0 Å². The number of benzene rings is 1. The Labute approximate surface area is 127 Å². The first-order valence-electron chi connectivity index (χ1n) is 7.22. The summed E-state index contributed by atoms with van der Waals surface area (Å²) >= 11 is 0. The molecule has 1 saturated carbocycles. The van der Waals surface area contributed by atoms with E-state index < -0.39 is 0 Å². The lowest BCUT2D eigenvalue weighted by molar-refractivity contribution is -0.127. The van der Waals surface area contributed by atoms with Gasteiger partial charge in [0.1, 0.15) is 12.3 Å². The van der Waals surface area contributed by atoms with Gasteiger partial charge in [-0.25, -0.2) is 0 Å². The van der Waals surface area contributed by atoms with Crippen LogP contribution in [0.5, 0.6) is 5.75 Å². The Morgan fingerprint density at radius 3 is 2.77 bits per heavy atom. The largest absolute Gasteiger partial charge is 0.482 e. The third-order valence-electron chi connectivity index (χ3n) is 3.50. The van der Waals surface area contributed by atoms with Gasteiger partial charge in [0.2, 0.25) is 11.8 Å². The molecule has 1 heterocycles. The van der Waals surface area contributed by atoms with E-state index in [9.17, 15) is 14.4 Å². The number of hydrogen-bond acceptors (Lipinski definition) is 4. The van der Waals surface area contributed by atoms with Crippen LogP contribution in [0.25, 0.3) is 0 Å². The Bertz CT molecular complexity index is 613. The van der Waals surface area contributed by atoms with Crippen LogP contribution in [0.1, 0.15) is 12.8 Å². The molecule has 0 spiro atoms. The van der Waals surface area contributed by atoms with E-state index in [4.69, 9.17) is 4.74 Å². The second-order valence-corrected chi connectivity index (χ2v) is 5.35. The molecule has 1 aromatic rings. The summed E-state index contributed by atoms with van der Waals surface area (Å²) in [4.78, 5) is 36.8. The zero-order chi connectivity index (χ0) is 15.5. The highest BCUT2D eigenvalue weighted by Gasteiger charge is 2.27. The molecule has 7 heteroatoms. The number of hydrogen-bond donors (Lipinski definition) is 2. The number of fused-ring (bicyclic) bond motifs is 1. The van der Waals surface area contributed by atoms with Crippen LogP contribution in [-0.4, -0.2) is 43.5 Å². The zero-order valence-electron chi connectivity index (χ0n) is 12.0. The van der Waals surface area contributed by atoms with Crippen molar-refractivity contribution in [2.45, 2.75) is 18.9 Å². The molecule has 1 aliphatic heterocycles. The molecule has 7 nitrogen and oxygen atoms in total. The van der Waals surface area contributed by atoms with Gasteiger partial charge >= 0.3 is 0 Å². The molecule has 22 heavy (non-hydrogen) atoms. The second-order valence-electron chi connectivity index (χ2n) is 5.35. The number of carbonyl (C=O) groups is 3. The molecule has 3 rings (SSSR count). The number of para-hydroxylation sites is 2. The van der Waals surface area contributed by atoms with Gasteiger partial charge in [-0.3, -0.25) is 19.3 Å². The maximum absolute atomic E-state index is 11.9. The summed E-state index contributed by atoms with van der Waals surface area (Å²) in [5, 5.41) is 5.31. The van der Waals surface area contributed by atoms with Gasteiger partial charge in [-0.2, -0.15) is 0 Å². The van der Waals surface area contributed by atoms with Crippen molar-refractivity contribution in [2.75, 3.05) is 24.6 Å². The third kappa shape index (κ3) is 3.36. The Kier molecular flexibility index (Phi) is 3.95. The zero-order valence-corrected chi connectivity index (χ0v) is 12.0. The molecule has 0 radical (unpaired) electrons. The fourth-order valence-corrected chi connectivity index (χ4v) is 2.21. The van der Waals surface area contributed by atoms with Gasteiger partial charge in [-0.05, 0) is 25.0 Å². The van der Waals surface area contributed by atoms with Gasteiger partial charge in [-0.1, -0.05) is 12.1 Å². The average molecular weight is 303 g/mol. The number of amides is 3. The quantitative estimate of drug-likeness (QED) is 0.789. The maximum atomic E-state index is 11.9. The summed E-state index contributed by atoms with van der Waals surface area (Å²) in [5.74, 6) is -0.293. The van der Waals surface area contributed by atoms with E-state index in [1.54, 1.807) is 24.3 Å². The van der Waals surface area contributed by atoms with Crippen molar-refractivity contribution in [3.8, 4) is 5.75 Å². The van der Waals surface area contributed by atoms with Gasteiger partial charge in [0.15, 0.2) is 6.61 Å². The van der Waals surface area contributed by atoms with E-state index in [0.29, 0.717) is 11.4 Å². The number of anilines is 1. The van der Waals surface area contributed by atoms with Crippen LogP contribution < -0.4 is 20.3 Å². The van der Waals surface area contributed by atoms with Crippen molar-refractivity contribution in [2.24, 2.45) is 0 Å². The first kappa shape index (κ1) is 14.4. The van der Waals surface area contributed by atoms with Gasteiger partial charge in [-0.15, -0.1) is 0 Å². The van der Waals surface area contributed by atoms with Crippen molar-refractivity contribution in [1.29, 1.82) is 0 Å². The van der Waals surface area contributed by atoms with Crippen molar-refractivity contribution < 1.29 is 19.1 Å². The molecular formula is C15H17N3O4. The SMILES string of the molecule is O=C(CN1C(=O)COc2ccccc21)NCC(=O)NC1CC1. The molecule has 2 aliphatic rings. The van der Waals surface area contributed by atoms with Gasteiger partial charge in [0.05, 0.1) is 12.2 Å². The molecule has 0 saturated heterocycles. The number of rotatable bonds is 5. The fraction of sp³-hybridized carbons (Fsp3) is 0.400. The topological polar surface area (TPSA) is 87.7 Å². The Morgan fingerprint density at radius 2 is 2.00 bits per heavy atom. The lowest BCUT2D eigenvalue weighted by atomic mass is 10.2. The summed E-state index contributed by atoms with van der Waals surface area (Å²) in [5.41, 5.74) is 0.566. The molecule has 116 valence electrons. The molecule has 3 amide bonds. The predicted molar refractivity (Wildman–Crippen MR) is 78.5 cm³/mol. The first-order valence-corrected chi connectivity index (χ1v) is 7.22. The van der Waals surface area contributed by atoms with Crippen LogP contribution in [0.2, 0.25) is 0 Å². The van der Waals surface area contributed by atoms with Crippen molar-refractivity contribution >= 4 is 23.4 Å². The van der Waals surface area contributed by atoms with E-state index >= 15 is 0 Å². The molecule has 0 atom stereocenters. The summed E-state index contributed by atoms with van der Waals surface area (Å²) in [6, 6.07) is 7.30. The molecule has 1 aromatic carbocycles. The molecule has 1 fully saturated rings. The van der Waals surface area contributed by atoms with Crippen molar-refractivity contribution in [3.63, 3.8) is 0 Å². The molecule has 0 aromatic heterocycles. The normalized spacial score (nSPS) is 16.5. The van der Waals surface area contributed by atoms with Crippen molar-refractivity contribution in [1.82, 2.24) is 10.6 Å². The highest BCUT2D eigenvalue weighted by molar-refractivity contribution is 6.02. The van der Waals surface area contributed by atoms with Crippen LogP contribution in [0.3, 0.4) is 0 Å². The first-order chi connectivity index (χ1) is 10.6. The van der Waals surface area contributed by atoms with E-state index in [1.165, 1.54) is 4.90 Å². The van der Waals surface area contributed by atoms with Gasteiger partial charge in [0, 0.05) is 6.04 Å². The standard InChI is InChI=1S/C15H17N3O4/c19-13(17-10-5-6-10)7-16-14(20)8-18-11-3-1-2-4-12(11)22-9-15(18)21/h1-4,10H,5-9H2,(H,16,20)(H,17,19). The highest BCUT2D eigenvalue weighted by atomic mass is 16.5. The minimum atomic E-state index is -0.379. The van der Waals surface area contributed by atoms with Crippen molar-refractivity contribution in [3.05, 3.63) is 24.3 Å². The monoisotopic (exact) mass is 303 g/mol. The van der Waals surface area contributed by atoms with Gasteiger partial charge < -0.3 is 15.4 Å². The van der Waals surface area contributed by atoms with Crippen LogP contribution in [0, 0.1) is 0 Å². The van der Waals surface area contributed by atoms with Crippen LogP contribution >= 0.6 is 0 Å². The molecular weight excluding hydrogens is 286 g/mol. The fourth-order valence-electron chi connectivity index (χ4n) is 2.21. The Hall–Kier alpha value is -2.57. The average Bonchev–Trinajstić information content (AvgIpc) is 3.32.